The first kappa shape index (κ1) is 19.0. The lowest BCUT2D eigenvalue weighted by atomic mass is 9.88. The molecule has 2 N–H and O–H groups in total. The first-order valence-corrected chi connectivity index (χ1v) is 8.45. The molecule has 0 radical (unpaired) electrons. The minimum atomic E-state index is -0.515. The van der Waals surface area contributed by atoms with Crippen molar-refractivity contribution in [3.8, 4) is 0 Å². The summed E-state index contributed by atoms with van der Waals surface area (Å²) in [6.07, 6.45) is 2.60. The minimum Gasteiger partial charge on any atom is -0.359 e. The van der Waals surface area contributed by atoms with Crippen LogP contribution in [0.5, 0.6) is 0 Å². The van der Waals surface area contributed by atoms with Gasteiger partial charge in [-0.15, -0.1) is 12.6 Å². The molecule has 2 rings (SSSR count). The van der Waals surface area contributed by atoms with E-state index in [0.29, 0.717) is 6.42 Å². The smallest absolute Gasteiger partial charge is 0.292 e. The predicted molar refractivity (Wildman–Crippen MR) is 102 cm³/mol. The van der Waals surface area contributed by atoms with Crippen LogP contribution in [0.3, 0.4) is 0 Å². The van der Waals surface area contributed by atoms with Crippen molar-refractivity contribution in [2.75, 3.05) is 5.32 Å². The fourth-order valence-electron chi connectivity index (χ4n) is 2.33. The highest BCUT2D eigenvalue weighted by atomic mass is 32.1. The number of nitrogens with zero attached hydrogens (tertiary/aromatic N) is 2. The second kappa shape index (κ2) is 7.69. The summed E-state index contributed by atoms with van der Waals surface area (Å²) in [4.78, 5) is 27.1. The highest BCUT2D eigenvalue weighted by Crippen LogP contribution is 2.25. The third kappa shape index (κ3) is 5.32. The number of carbonyl (C=O) groups excluding carboxylic acids is 1. The van der Waals surface area contributed by atoms with Crippen LogP contribution in [0.2, 0.25) is 0 Å². The molecule has 0 fully saturated rings. The van der Waals surface area contributed by atoms with Gasteiger partial charge < -0.3 is 10.6 Å². The number of nitro benzene ring substituents is 1. The van der Waals surface area contributed by atoms with Gasteiger partial charge >= 0.3 is 0 Å². The number of hydrogen-bond acceptors (Lipinski definition) is 6. The Labute approximate surface area is 152 Å². The van der Waals surface area contributed by atoms with Crippen LogP contribution in [0.4, 0.5) is 11.4 Å². The highest BCUT2D eigenvalue weighted by molar-refractivity contribution is 7.80. The van der Waals surface area contributed by atoms with Gasteiger partial charge in [-0.25, -0.2) is 0 Å². The Morgan fingerprint density at radius 3 is 2.72 bits per heavy atom. The highest BCUT2D eigenvalue weighted by Gasteiger charge is 2.23. The lowest BCUT2D eigenvalue weighted by Crippen LogP contribution is -2.32. The van der Waals surface area contributed by atoms with Crippen LogP contribution in [0.25, 0.3) is 0 Å². The van der Waals surface area contributed by atoms with Gasteiger partial charge in [-0.05, 0) is 18.6 Å². The number of anilines is 1. The van der Waals surface area contributed by atoms with Gasteiger partial charge in [0.1, 0.15) is 5.69 Å². The van der Waals surface area contributed by atoms with Crippen molar-refractivity contribution >= 4 is 35.6 Å². The Balaban J connectivity index is 2.00. The van der Waals surface area contributed by atoms with Crippen molar-refractivity contribution in [3.63, 3.8) is 0 Å². The van der Waals surface area contributed by atoms with Crippen LogP contribution in [0, 0.1) is 15.5 Å². The van der Waals surface area contributed by atoms with E-state index in [9.17, 15) is 14.9 Å². The molecule has 8 heteroatoms. The predicted octanol–water partition coefficient (Wildman–Crippen LogP) is 3.50. The monoisotopic (exact) mass is 362 g/mol. The van der Waals surface area contributed by atoms with E-state index in [0.717, 1.165) is 11.4 Å². The molecule has 25 heavy (non-hydrogen) atoms. The second-order valence-corrected chi connectivity index (χ2v) is 7.26. The average molecular weight is 362 g/mol. The molecule has 0 spiro atoms. The number of nitro groups is 1. The van der Waals surface area contributed by atoms with Gasteiger partial charge in [0.05, 0.1) is 4.92 Å². The minimum absolute atomic E-state index is 0.110. The van der Waals surface area contributed by atoms with E-state index in [1.807, 2.05) is 6.08 Å². The SMILES string of the molecule is CC(C)(C)C1=NC(S)NC(CCC(=O)Nc2ccccc2[N+](=O)[O-])=C1. The standard InChI is InChI=1S/C17H22N4O3S/c1-17(2,3)14-10-11(18-16(25)20-14)8-9-15(22)19-12-6-4-5-7-13(12)21(23)24/h4-7,10,16,18,25H,8-9H2,1-3H3,(H,19,22). The molecule has 1 unspecified atom stereocenters. The summed E-state index contributed by atoms with van der Waals surface area (Å²) in [5, 5.41) is 16.7. The summed E-state index contributed by atoms with van der Waals surface area (Å²) in [5.74, 6) is -0.285. The van der Waals surface area contributed by atoms with Crippen LogP contribution in [-0.2, 0) is 4.79 Å². The number of benzene rings is 1. The maximum absolute atomic E-state index is 12.2. The fourth-order valence-corrected chi connectivity index (χ4v) is 2.62. The Kier molecular flexibility index (Phi) is 5.84. The lowest BCUT2D eigenvalue weighted by molar-refractivity contribution is -0.383. The van der Waals surface area contributed by atoms with Gasteiger partial charge in [0, 0.05) is 29.3 Å². The third-order valence-electron chi connectivity index (χ3n) is 3.65. The summed E-state index contributed by atoms with van der Waals surface area (Å²) in [6, 6.07) is 6.08. The first-order valence-electron chi connectivity index (χ1n) is 7.93. The van der Waals surface area contributed by atoms with Gasteiger partial charge in [0.15, 0.2) is 5.50 Å². The number of hydrogen-bond donors (Lipinski definition) is 3. The van der Waals surface area contributed by atoms with Crippen LogP contribution >= 0.6 is 12.6 Å². The molecule has 0 saturated carbocycles. The summed E-state index contributed by atoms with van der Waals surface area (Å²) < 4.78 is 0. The van der Waals surface area contributed by atoms with Gasteiger partial charge in [-0.2, -0.15) is 0 Å². The van der Waals surface area contributed by atoms with Crippen molar-refractivity contribution in [2.24, 2.45) is 10.4 Å². The van der Waals surface area contributed by atoms with Crippen molar-refractivity contribution in [1.82, 2.24) is 5.32 Å². The number of carbonyl (C=O) groups is 1. The zero-order valence-corrected chi connectivity index (χ0v) is 15.3. The van der Waals surface area contributed by atoms with Crippen LogP contribution in [0.1, 0.15) is 33.6 Å². The van der Waals surface area contributed by atoms with Crippen molar-refractivity contribution in [3.05, 3.63) is 46.2 Å². The van der Waals surface area contributed by atoms with Crippen LogP contribution < -0.4 is 10.6 Å². The largest absolute Gasteiger partial charge is 0.359 e. The number of nitrogens with one attached hydrogen (secondary N) is 2. The zero-order valence-electron chi connectivity index (χ0n) is 14.4. The molecular formula is C17H22N4O3S. The van der Waals surface area contributed by atoms with Crippen LogP contribution in [0.15, 0.2) is 41.0 Å². The summed E-state index contributed by atoms with van der Waals surface area (Å²) in [5.41, 5.74) is 1.42. The van der Waals surface area contributed by atoms with E-state index in [-0.39, 0.29) is 34.6 Å². The normalized spacial score (nSPS) is 17.2. The van der Waals surface area contributed by atoms with Gasteiger partial charge in [-0.1, -0.05) is 32.9 Å². The number of thiol groups is 1. The van der Waals surface area contributed by atoms with E-state index >= 15 is 0 Å². The lowest BCUT2D eigenvalue weighted by Gasteiger charge is -2.27. The molecule has 0 aromatic heterocycles. The Bertz CT molecular complexity index is 738. The molecule has 0 saturated heterocycles. The number of amides is 1. The van der Waals surface area contributed by atoms with E-state index in [2.05, 4.69) is 49.0 Å². The maximum atomic E-state index is 12.2. The molecule has 1 heterocycles. The van der Waals surface area contributed by atoms with Crippen molar-refractivity contribution in [1.29, 1.82) is 0 Å². The topological polar surface area (TPSA) is 96.6 Å². The molecule has 1 aromatic rings. The number of rotatable bonds is 5. The van der Waals surface area contributed by atoms with E-state index in [4.69, 9.17) is 0 Å². The maximum Gasteiger partial charge on any atom is 0.292 e. The molecule has 1 atom stereocenters. The van der Waals surface area contributed by atoms with E-state index in [1.165, 1.54) is 12.1 Å². The molecule has 1 amide bonds. The molecule has 0 aliphatic carbocycles. The Morgan fingerprint density at radius 1 is 1.40 bits per heavy atom. The molecule has 7 nitrogen and oxygen atoms in total. The molecule has 1 aliphatic heterocycles. The summed E-state index contributed by atoms with van der Waals surface area (Å²) in [7, 11) is 0. The molecule has 1 aromatic carbocycles. The summed E-state index contributed by atoms with van der Waals surface area (Å²) >= 11 is 4.36. The number of aliphatic imine (C=N–C) groups is 1. The fraction of sp³-hybridized carbons (Fsp3) is 0.412. The molecule has 134 valence electrons. The number of para-hydroxylation sites is 2. The second-order valence-electron chi connectivity index (χ2n) is 6.77. The van der Waals surface area contributed by atoms with Gasteiger partial charge in [-0.3, -0.25) is 19.9 Å². The summed E-state index contributed by atoms with van der Waals surface area (Å²) in [6.45, 7) is 6.19. The van der Waals surface area contributed by atoms with Gasteiger partial charge in [0.25, 0.3) is 5.69 Å². The quantitative estimate of drug-likeness (QED) is 0.424. The van der Waals surface area contributed by atoms with Crippen molar-refractivity contribution < 1.29 is 9.72 Å². The Hall–Kier alpha value is -2.35. The molecule has 1 aliphatic rings. The first-order chi connectivity index (χ1) is 11.7. The van der Waals surface area contributed by atoms with Crippen molar-refractivity contribution in [2.45, 2.75) is 39.1 Å². The average Bonchev–Trinajstić information content (AvgIpc) is 2.52. The molecule has 0 bridgehead atoms. The molecular weight excluding hydrogens is 340 g/mol. The third-order valence-corrected chi connectivity index (χ3v) is 3.90. The van der Waals surface area contributed by atoms with Gasteiger partial charge in [0.2, 0.25) is 5.91 Å². The van der Waals surface area contributed by atoms with E-state index in [1.54, 1.807) is 12.1 Å². The Morgan fingerprint density at radius 2 is 2.08 bits per heavy atom. The zero-order chi connectivity index (χ0) is 18.6. The number of allylic oxidation sites excluding steroid dienone is 2. The van der Waals surface area contributed by atoms with E-state index < -0.39 is 4.92 Å². The van der Waals surface area contributed by atoms with Crippen LogP contribution in [-0.4, -0.2) is 22.0 Å².